The molecular formula is C44H41N5O10S3. The van der Waals surface area contributed by atoms with Gasteiger partial charge in [-0.1, -0.05) is 77.1 Å². The first kappa shape index (κ1) is 42.5. The standard InChI is InChI=1S/C44H41N5O10S3/c1-43(2,3)23-44(4,5)24-15-20-31(34(21-24)62(56,57)58)59-32-22-30(46-25-16-18-26(19-17-25)61(53,54)55)36-37-35(27-11-7-8-12-28(27)40(36)50)38(41(45-6)48-39(32)37)42-47-29-13-9-10-14-33(29)60(51,52)49-42/h7-22,46H,23H2,1-6H3,(H,45,48)(H,47,49)(H,53,54,55)(H,56,57,58). The number of hydrogen-bond acceptors (Lipinski definition) is 12. The second kappa shape index (κ2) is 14.7. The van der Waals surface area contributed by atoms with Crippen molar-refractivity contribution in [2.24, 2.45) is 10.4 Å². The highest BCUT2D eigenvalue weighted by atomic mass is 32.2. The zero-order valence-corrected chi connectivity index (χ0v) is 36.7. The molecular weight excluding hydrogens is 855 g/mol. The maximum atomic E-state index is 14.8. The number of nitrogens with zero attached hydrogens (tertiary/aromatic N) is 2. The van der Waals surface area contributed by atoms with Crippen LogP contribution in [0.4, 0.5) is 22.9 Å². The number of hydrogen-bond donors (Lipinski definition) is 5. The molecule has 0 fully saturated rings. The summed E-state index contributed by atoms with van der Waals surface area (Å²) in [6.45, 7) is 10.1. The van der Waals surface area contributed by atoms with Crippen LogP contribution in [-0.4, -0.2) is 58.0 Å². The first-order valence-electron chi connectivity index (χ1n) is 19.2. The van der Waals surface area contributed by atoms with Crippen LogP contribution in [-0.2, 0) is 35.7 Å². The lowest BCUT2D eigenvalue weighted by Crippen LogP contribution is -2.35. The summed E-state index contributed by atoms with van der Waals surface area (Å²) in [7, 11) is -12.1. The molecule has 2 heterocycles. The van der Waals surface area contributed by atoms with E-state index in [-0.39, 0.29) is 83.0 Å². The minimum atomic E-state index is -4.91. The van der Waals surface area contributed by atoms with Gasteiger partial charge in [0.25, 0.3) is 30.3 Å². The van der Waals surface area contributed by atoms with E-state index in [9.17, 15) is 39.2 Å². The molecule has 0 spiro atoms. The number of ether oxygens (including phenoxy) is 1. The van der Waals surface area contributed by atoms with Crippen LogP contribution in [0.1, 0.15) is 68.1 Å². The average Bonchev–Trinajstić information content (AvgIpc) is 3.18. The second-order valence-corrected chi connectivity index (χ2v) is 21.3. The Morgan fingerprint density at radius 2 is 1.44 bits per heavy atom. The summed E-state index contributed by atoms with van der Waals surface area (Å²) in [5.74, 6) is -0.795. The molecule has 62 heavy (non-hydrogen) atoms. The number of carbonyl (C=O) groups excluding carboxylic acids is 1. The Labute approximate surface area is 358 Å². The van der Waals surface area contributed by atoms with Gasteiger partial charge in [-0.3, -0.25) is 18.6 Å². The molecule has 8 rings (SSSR count). The number of aromatic nitrogens is 1. The third-order valence-electron chi connectivity index (χ3n) is 10.6. The van der Waals surface area contributed by atoms with Crippen molar-refractivity contribution in [1.82, 2.24) is 9.71 Å². The van der Waals surface area contributed by atoms with Crippen molar-refractivity contribution in [2.75, 3.05) is 17.7 Å². The van der Waals surface area contributed by atoms with Gasteiger partial charge in [0, 0.05) is 35.3 Å². The zero-order valence-electron chi connectivity index (χ0n) is 34.2. The van der Waals surface area contributed by atoms with Gasteiger partial charge in [0.2, 0.25) is 0 Å². The molecule has 1 aromatic heterocycles. The van der Waals surface area contributed by atoms with E-state index in [1.165, 1.54) is 36.4 Å². The molecule has 0 unspecified atom stereocenters. The normalized spacial score (nSPS) is 14.6. The number of para-hydroxylation sites is 1. The Kier molecular flexibility index (Phi) is 10.1. The van der Waals surface area contributed by atoms with Gasteiger partial charge in [0.15, 0.2) is 17.4 Å². The predicted molar refractivity (Wildman–Crippen MR) is 236 cm³/mol. The van der Waals surface area contributed by atoms with E-state index in [0.29, 0.717) is 23.1 Å². The third-order valence-corrected chi connectivity index (χ3v) is 13.7. The molecule has 0 saturated heterocycles. The monoisotopic (exact) mass is 895 g/mol. The van der Waals surface area contributed by atoms with Gasteiger partial charge in [-0.05, 0) is 76.9 Å². The van der Waals surface area contributed by atoms with Crippen LogP contribution in [0.5, 0.6) is 11.5 Å². The van der Waals surface area contributed by atoms with Crippen molar-refractivity contribution in [1.29, 1.82) is 0 Å². The van der Waals surface area contributed by atoms with Crippen LogP contribution in [0.2, 0.25) is 0 Å². The molecule has 5 N–H and O–H groups in total. The van der Waals surface area contributed by atoms with Crippen LogP contribution in [0.15, 0.2) is 117 Å². The molecule has 0 saturated carbocycles. The number of anilines is 3. The van der Waals surface area contributed by atoms with Gasteiger partial charge in [-0.15, -0.1) is 0 Å². The van der Waals surface area contributed by atoms with Crippen LogP contribution in [0.25, 0.3) is 22.0 Å². The SMILES string of the molecule is CNc1nc2c(Oc3ccc(C(C)(C)CC(C)(C)C)cc3S(=O)(=O)O)cc(Nc3ccc(S(=O)(=O)O)cc3)c3c2c(c1C1=Nc2ccccc2S(=O)(=O)N1)-c1ccccc1C3=O. The maximum absolute atomic E-state index is 14.8. The molecule has 6 aromatic rings. The molecule has 320 valence electrons. The third kappa shape index (κ3) is 7.68. The number of pyridine rings is 1. The van der Waals surface area contributed by atoms with Gasteiger partial charge >= 0.3 is 0 Å². The Morgan fingerprint density at radius 3 is 2.08 bits per heavy atom. The summed E-state index contributed by atoms with van der Waals surface area (Å²) in [6.07, 6.45) is 0.668. The lowest BCUT2D eigenvalue weighted by molar-refractivity contribution is 0.104. The predicted octanol–water partition coefficient (Wildman–Crippen LogP) is 8.60. The number of fused-ring (bicyclic) bond motifs is 3. The van der Waals surface area contributed by atoms with Crippen molar-refractivity contribution in [3.63, 3.8) is 0 Å². The van der Waals surface area contributed by atoms with E-state index in [1.807, 2.05) is 13.8 Å². The van der Waals surface area contributed by atoms with E-state index in [4.69, 9.17) is 14.7 Å². The number of rotatable bonds is 10. The Bertz CT molecular complexity index is 3270. The van der Waals surface area contributed by atoms with E-state index in [2.05, 4.69) is 36.1 Å². The fraction of sp³-hybridized carbons (Fsp3) is 0.205. The van der Waals surface area contributed by atoms with E-state index in [0.717, 1.165) is 12.1 Å². The van der Waals surface area contributed by atoms with Crippen molar-refractivity contribution in [3.8, 4) is 22.6 Å². The highest BCUT2D eigenvalue weighted by Gasteiger charge is 2.38. The molecule has 1 aliphatic heterocycles. The number of sulfonamides is 1. The van der Waals surface area contributed by atoms with Crippen LogP contribution < -0.4 is 20.1 Å². The van der Waals surface area contributed by atoms with Gasteiger partial charge in [0.05, 0.1) is 27.4 Å². The van der Waals surface area contributed by atoms with E-state index < -0.39 is 46.4 Å². The number of nitrogens with one attached hydrogen (secondary N) is 3. The molecule has 0 atom stereocenters. The fourth-order valence-corrected chi connectivity index (χ4v) is 10.7. The Balaban J connectivity index is 1.45. The Hall–Kier alpha value is -6.18. The zero-order chi connectivity index (χ0) is 44.7. The molecule has 1 aliphatic carbocycles. The van der Waals surface area contributed by atoms with Gasteiger partial charge in [-0.25, -0.2) is 18.4 Å². The Morgan fingerprint density at radius 1 is 0.774 bits per heavy atom. The molecule has 0 bridgehead atoms. The van der Waals surface area contributed by atoms with Crippen molar-refractivity contribution in [2.45, 2.75) is 61.1 Å². The summed E-state index contributed by atoms with van der Waals surface area (Å²) in [5, 5.41) is 6.39. The fourth-order valence-electron chi connectivity index (χ4n) is 8.38. The lowest BCUT2D eigenvalue weighted by atomic mass is 9.72. The molecule has 18 heteroatoms. The molecule has 0 radical (unpaired) electrons. The van der Waals surface area contributed by atoms with Crippen molar-refractivity contribution in [3.05, 3.63) is 119 Å². The minimum Gasteiger partial charge on any atom is -0.454 e. The van der Waals surface area contributed by atoms with Gasteiger partial charge < -0.3 is 15.4 Å². The maximum Gasteiger partial charge on any atom is 0.298 e. The summed E-state index contributed by atoms with van der Waals surface area (Å²) >= 11 is 0. The summed E-state index contributed by atoms with van der Waals surface area (Å²) in [5.41, 5.74) is 1.77. The molecule has 5 aromatic carbocycles. The molecule has 15 nitrogen and oxygen atoms in total. The largest absolute Gasteiger partial charge is 0.454 e. The van der Waals surface area contributed by atoms with E-state index in [1.54, 1.807) is 55.6 Å². The highest BCUT2D eigenvalue weighted by molar-refractivity contribution is 7.90. The van der Waals surface area contributed by atoms with Crippen LogP contribution >= 0.6 is 0 Å². The second-order valence-electron chi connectivity index (χ2n) is 16.9. The summed E-state index contributed by atoms with van der Waals surface area (Å²) < 4.78 is 107. The summed E-state index contributed by atoms with van der Waals surface area (Å²) in [6, 6.07) is 23.9. The first-order chi connectivity index (χ1) is 29.0. The molecule has 0 amide bonds. The smallest absolute Gasteiger partial charge is 0.298 e. The van der Waals surface area contributed by atoms with Crippen molar-refractivity contribution >= 4 is 75.7 Å². The van der Waals surface area contributed by atoms with Crippen LogP contribution in [0, 0.1) is 5.41 Å². The number of benzene rings is 5. The number of carbonyl (C=O) groups is 1. The van der Waals surface area contributed by atoms with Gasteiger partial charge in [0.1, 0.15) is 26.9 Å². The summed E-state index contributed by atoms with van der Waals surface area (Å²) in [4.78, 5) is 23.5. The minimum absolute atomic E-state index is 0.0435. The van der Waals surface area contributed by atoms with Crippen LogP contribution in [0.3, 0.4) is 0 Å². The number of amidine groups is 1. The van der Waals surface area contributed by atoms with Gasteiger partial charge in [-0.2, -0.15) is 16.8 Å². The number of aliphatic imine (C=N–C) groups is 1. The number of ketones is 1. The lowest BCUT2D eigenvalue weighted by Gasteiger charge is -2.33. The molecule has 2 aliphatic rings. The average molecular weight is 896 g/mol. The van der Waals surface area contributed by atoms with Crippen molar-refractivity contribution < 1.29 is 43.9 Å². The highest BCUT2D eigenvalue weighted by Crippen LogP contribution is 2.50. The quantitative estimate of drug-likeness (QED) is 0.0811. The van der Waals surface area contributed by atoms with E-state index >= 15 is 0 Å². The first-order valence-corrected chi connectivity index (χ1v) is 23.6. The topological polar surface area (TPSA) is 231 Å².